The number of rotatable bonds is 8. The van der Waals surface area contributed by atoms with Gasteiger partial charge < -0.3 is 15.2 Å². The molecule has 1 aliphatic heterocycles. The lowest BCUT2D eigenvalue weighted by molar-refractivity contribution is 0.223. The summed E-state index contributed by atoms with van der Waals surface area (Å²) in [6.07, 6.45) is 5.29. The highest BCUT2D eigenvalue weighted by Gasteiger charge is 2.28. The summed E-state index contributed by atoms with van der Waals surface area (Å²) in [5.41, 5.74) is 8.66. The van der Waals surface area contributed by atoms with Gasteiger partial charge in [-0.2, -0.15) is 5.26 Å². The Bertz CT molecular complexity index is 1240. The minimum Gasteiger partial charge on any atom is -0.382 e. The number of nitrogen functional groups attached to an aromatic ring is 1. The van der Waals surface area contributed by atoms with Crippen LogP contribution in [0.15, 0.2) is 30.7 Å². The second-order valence-corrected chi connectivity index (χ2v) is 9.69. The average Bonchev–Trinajstić information content (AvgIpc) is 3.30. The lowest BCUT2D eigenvalue weighted by atomic mass is 9.95. The molecule has 0 bridgehead atoms. The molecule has 0 saturated carbocycles. The molecule has 3 heterocycles. The van der Waals surface area contributed by atoms with Gasteiger partial charge in [0, 0.05) is 49.9 Å². The summed E-state index contributed by atoms with van der Waals surface area (Å²) in [7, 11) is 0. The largest absolute Gasteiger partial charge is 0.382 e. The van der Waals surface area contributed by atoms with Gasteiger partial charge in [0.25, 0.3) is 0 Å². The molecule has 1 fully saturated rings. The van der Waals surface area contributed by atoms with Crippen molar-refractivity contribution in [1.29, 1.82) is 5.26 Å². The van der Waals surface area contributed by atoms with E-state index in [1.54, 1.807) is 13.0 Å². The van der Waals surface area contributed by atoms with E-state index < -0.39 is 0 Å². The van der Waals surface area contributed by atoms with Crippen LogP contribution in [0.25, 0.3) is 11.3 Å². The van der Waals surface area contributed by atoms with Gasteiger partial charge in [0.15, 0.2) is 5.82 Å². The van der Waals surface area contributed by atoms with Crippen LogP contribution in [-0.4, -0.2) is 56.6 Å². The van der Waals surface area contributed by atoms with E-state index in [1.807, 2.05) is 6.07 Å². The molecule has 1 aliphatic rings. The van der Waals surface area contributed by atoms with Crippen molar-refractivity contribution in [1.82, 2.24) is 24.4 Å². The zero-order valence-electron chi connectivity index (χ0n) is 21.6. The molecule has 0 aliphatic carbocycles. The summed E-state index contributed by atoms with van der Waals surface area (Å²) in [4.78, 5) is 17.9. The van der Waals surface area contributed by atoms with E-state index in [-0.39, 0.29) is 17.6 Å². The van der Waals surface area contributed by atoms with Crippen LogP contribution in [0.4, 0.5) is 16.0 Å². The van der Waals surface area contributed by atoms with Crippen LogP contribution >= 0.6 is 0 Å². The molecule has 1 saturated heterocycles. The van der Waals surface area contributed by atoms with Crippen molar-refractivity contribution in [3.8, 4) is 17.3 Å². The van der Waals surface area contributed by atoms with Gasteiger partial charge in [0.1, 0.15) is 35.4 Å². The van der Waals surface area contributed by atoms with E-state index in [1.165, 1.54) is 12.4 Å². The molecule has 0 unspecified atom stereocenters. The molecule has 2 aromatic heterocycles. The van der Waals surface area contributed by atoms with Crippen LogP contribution in [-0.2, 0) is 6.54 Å². The monoisotopic (exact) mass is 490 g/mol. The molecule has 0 amide bonds. The van der Waals surface area contributed by atoms with E-state index >= 15 is 0 Å². The zero-order valence-corrected chi connectivity index (χ0v) is 21.6. The first-order valence-corrected chi connectivity index (χ1v) is 12.7. The summed E-state index contributed by atoms with van der Waals surface area (Å²) in [5.74, 6) is 1.95. The summed E-state index contributed by atoms with van der Waals surface area (Å²) in [6.45, 7) is 12.7. The van der Waals surface area contributed by atoms with Crippen molar-refractivity contribution >= 4 is 11.6 Å². The highest BCUT2D eigenvalue weighted by Crippen LogP contribution is 2.33. The van der Waals surface area contributed by atoms with Crippen molar-refractivity contribution < 1.29 is 4.39 Å². The van der Waals surface area contributed by atoms with Crippen molar-refractivity contribution in [3.05, 3.63) is 53.5 Å². The van der Waals surface area contributed by atoms with Crippen LogP contribution in [0.2, 0.25) is 0 Å². The third kappa shape index (κ3) is 5.34. The molecule has 190 valence electrons. The number of benzene rings is 1. The first-order valence-electron chi connectivity index (χ1n) is 12.7. The highest BCUT2D eigenvalue weighted by atomic mass is 19.1. The number of nitriles is 1. The fourth-order valence-electron chi connectivity index (χ4n) is 4.98. The maximum Gasteiger partial charge on any atom is 0.152 e. The lowest BCUT2D eigenvalue weighted by Crippen LogP contribution is -2.36. The Labute approximate surface area is 212 Å². The summed E-state index contributed by atoms with van der Waals surface area (Å²) in [6, 6.07) is 7.80. The van der Waals surface area contributed by atoms with E-state index in [2.05, 4.69) is 57.4 Å². The van der Waals surface area contributed by atoms with Gasteiger partial charge in [-0.25, -0.2) is 19.3 Å². The van der Waals surface area contributed by atoms with Crippen LogP contribution in [0, 0.1) is 24.1 Å². The van der Waals surface area contributed by atoms with Gasteiger partial charge in [-0.3, -0.25) is 4.90 Å². The molecule has 0 radical (unpaired) electrons. The van der Waals surface area contributed by atoms with Gasteiger partial charge in [-0.15, -0.1) is 0 Å². The number of anilines is 2. The normalized spacial score (nSPS) is 14.6. The number of likely N-dealkylation sites (N-methyl/N-ethyl adjacent to an activating group) is 1. The van der Waals surface area contributed by atoms with Gasteiger partial charge in [0.05, 0.1) is 5.69 Å². The number of halogens is 1. The molecular weight excluding hydrogens is 455 g/mol. The quantitative estimate of drug-likeness (QED) is 0.501. The van der Waals surface area contributed by atoms with Gasteiger partial charge in [-0.1, -0.05) is 6.92 Å². The number of aromatic nitrogens is 4. The fraction of sp³-hybridized carbons (Fsp3) is 0.481. The number of aryl methyl sites for hydroxylation is 1. The van der Waals surface area contributed by atoms with Crippen LogP contribution < -0.4 is 10.6 Å². The number of nitrogens with zero attached hydrogens (tertiary/aromatic N) is 7. The molecule has 1 aromatic carbocycles. The van der Waals surface area contributed by atoms with Gasteiger partial charge in [0.2, 0.25) is 0 Å². The van der Waals surface area contributed by atoms with E-state index in [4.69, 9.17) is 10.7 Å². The predicted octanol–water partition coefficient (Wildman–Crippen LogP) is 4.36. The van der Waals surface area contributed by atoms with E-state index in [0.29, 0.717) is 23.0 Å². The topological polar surface area (TPSA) is 99.9 Å². The Balaban J connectivity index is 1.59. The predicted molar refractivity (Wildman–Crippen MR) is 140 cm³/mol. The highest BCUT2D eigenvalue weighted by molar-refractivity contribution is 5.63. The molecule has 3 aromatic rings. The number of nitrogens with two attached hydrogens (primary N) is 1. The first kappa shape index (κ1) is 25.6. The molecule has 9 heteroatoms. The Morgan fingerprint density at radius 2 is 2.00 bits per heavy atom. The van der Waals surface area contributed by atoms with E-state index in [9.17, 15) is 9.65 Å². The molecule has 0 atom stereocenters. The maximum absolute atomic E-state index is 13.9. The molecule has 2 N–H and O–H groups in total. The minimum atomic E-state index is -0.205. The minimum absolute atomic E-state index is 0.205. The third-order valence-electron chi connectivity index (χ3n) is 7.15. The summed E-state index contributed by atoms with van der Waals surface area (Å²) in [5, 5.41) is 9.53. The SMILES string of the molecule is CCN(CCn1cc(-c2ccc(F)c(C)c2)nc1C1CCN(c2ncnc(N)c2C#N)CC1)C(C)C. The average molecular weight is 491 g/mol. The van der Waals surface area contributed by atoms with Gasteiger partial charge >= 0.3 is 0 Å². The third-order valence-corrected chi connectivity index (χ3v) is 7.15. The fourth-order valence-corrected chi connectivity index (χ4v) is 4.98. The summed E-state index contributed by atoms with van der Waals surface area (Å²) < 4.78 is 16.2. The Morgan fingerprint density at radius 1 is 1.25 bits per heavy atom. The maximum atomic E-state index is 13.9. The molecule has 4 rings (SSSR count). The number of hydrogen-bond donors (Lipinski definition) is 1. The number of piperidine rings is 1. The Morgan fingerprint density at radius 3 is 2.64 bits per heavy atom. The zero-order chi connectivity index (χ0) is 25.8. The number of hydrogen-bond acceptors (Lipinski definition) is 7. The van der Waals surface area contributed by atoms with Crippen molar-refractivity contribution in [2.24, 2.45) is 0 Å². The Hall–Kier alpha value is -3.51. The Kier molecular flexibility index (Phi) is 7.85. The second-order valence-electron chi connectivity index (χ2n) is 9.69. The molecule has 8 nitrogen and oxygen atoms in total. The van der Waals surface area contributed by atoms with Crippen LogP contribution in [0.1, 0.15) is 56.5 Å². The standard InChI is InChI=1S/C27H35FN8/c1-5-34(18(2)3)12-13-36-16-24(21-6-7-23(28)19(4)14-21)33-26(36)20-8-10-35(11-9-20)27-22(15-29)25(30)31-17-32-27/h6-7,14,16-18,20H,5,8-13H2,1-4H3,(H2,30,31,32). The van der Waals surface area contributed by atoms with E-state index in [0.717, 1.165) is 62.6 Å². The molecule has 0 spiro atoms. The van der Waals surface area contributed by atoms with Crippen LogP contribution in [0.5, 0.6) is 0 Å². The molecular formula is C27H35FN8. The van der Waals surface area contributed by atoms with Crippen molar-refractivity contribution in [2.75, 3.05) is 36.8 Å². The second kappa shape index (κ2) is 11.0. The molecule has 36 heavy (non-hydrogen) atoms. The first-order chi connectivity index (χ1) is 17.3. The van der Waals surface area contributed by atoms with Crippen molar-refractivity contribution in [3.63, 3.8) is 0 Å². The number of imidazole rings is 1. The van der Waals surface area contributed by atoms with Gasteiger partial charge in [-0.05, 0) is 63.9 Å². The smallest absolute Gasteiger partial charge is 0.152 e. The summed E-state index contributed by atoms with van der Waals surface area (Å²) >= 11 is 0. The van der Waals surface area contributed by atoms with Crippen molar-refractivity contribution in [2.45, 2.75) is 59.0 Å². The lowest BCUT2D eigenvalue weighted by Gasteiger charge is -2.33. The van der Waals surface area contributed by atoms with Crippen LogP contribution in [0.3, 0.4) is 0 Å².